The number of rotatable bonds is 7. The number of ether oxygens (including phenoxy) is 1. The number of carbonyl (C=O) groups is 3. The smallest absolute Gasteiger partial charge is 0.332 e. The Bertz CT molecular complexity index is 641. The van der Waals surface area contributed by atoms with Crippen LogP contribution in [0.2, 0.25) is 0 Å². The molecule has 6 nitrogen and oxygen atoms in total. The predicted molar refractivity (Wildman–Crippen MR) is 86.2 cm³/mol. The van der Waals surface area contributed by atoms with Gasteiger partial charge in [0.25, 0.3) is 0 Å². The average molecular weight is 332 g/mol. The largest absolute Gasteiger partial charge is 0.481 e. The van der Waals surface area contributed by atoms with E-state index in [0.29, 0.717) is 5.56 Å². The van der Waals surface area contributed by atoms with Crippen molar-refractivity contribution in [3.05, 3.63) is 41.5 Å². The Labute approximate surface area is 139 Å². The van der Waals surface area contributed by atoms with Crippen molar-refractivity contribution in [2.45, 2.75) is 44.6 Å². The monoisotopic (exact) mass is 332 g/mol. The lowest BCUT2D eigenvalue weighted by molar-refractivity contribution is -0.147. The molecule has 1 aliphatic rings. The van der Waals surface area contributed by atoms with Crippen LogP contribution in [0.1, 0.15) is 44.1 Å². The molecule has 2 rings (SSSR count). The summed E-state index contributed by atoms with van der Waals surface area (Å²) in [6.45, 7) is 0. The minimum Gasteiger partial charge on any atom is -0.481 e. The van der Waals surface area contributed by atoms with Gasteiger partial charge in [-0.1, -0.05) is 30.3 Å². The molecule has 0 bridgehead atoms. The van der Waals surface area contributed by atoms with E-state index >= 15 is 0 Å². The lowest BCUT2D eigenvalue weighted by Gasteiger charge is -2.15. The van der Waals surface area contributed by atoms with Crippen LogP contribution in [0.4, 0.5) is 0 Å². The second kappa shape index (κ2) is 8.29. The molecule has 0 aliphatic heterocycles. The Kier molecular flexibility index (Phi) is 6.12. The molecule has 6 heteroatoms. The van der Waals surface area contributed by atoms with Crippen LogP contribution in [0.25, 0.3) is 5.57 Å². The summed E-state index contributed by atoms with van der Waals surface area (Å²) in [5.41, 5.74) is 0.407. The first-order chi connectivity index (χ1) is 11.5. The molecule has 2 N–H and O–H groups in total. The number of aliphatic carboxylic acids is 2. The lowest BCUT2D eigenvalue weighted by atomic mass is 9.95. The highest BCUT2D eigenvalue weighted by molar-refractivity contribution is 6.03. The highest BCUT2D eigenvalue weighted by Gasteiger charge is 2.24. The van der Waals surface area contributed by atoms with E-state index in [1.165, 1.54) is 0 Å². The van der Waals surface area contributed by atoms with Crippen LogP contribution in [0.15, 0.2) is 35.9 Å². The number of hydrogen-bond donors (Lipinski definition) is 2. The van der Waals surface area contributed by atoms with Crippen LogP contribution >= 0.6 is 0 Å². The molecule has 0 heterocycles. The SMILES string of the molecule is O=C(O)CC(C(=O)O)=C(CC(=O)OC1CCCC1)c1ccccc1. The van der Waals surface area contributed by atoms with Gasteiger partial charge in [0.1, 0.15) is 6.10 Å². The van der Waals surface area contributed by atoms with E-state index in [1.807, 2.05) is 0 Å². The minimum absolute atomic E-state index is 0.123. The maximum absolute atomic E-state index is 12.2. The summed E-state index contributed by atoms with van der Waals surface area (Å²) in [7, 11) is 0. The molecule has 1 aromatic rings. The van der Waals surface area contributed by atoms with E-state index in [1.54, 1.807) is 30.3 Å². The van der Waals surface area contributed by atoms with E-state index in [9.17, 15) is 19.5 Å². The van der Waals surface area contributed by atoms with E-state index in [-0.39, 0.29) is 23.7 Å². The third-order valence-electron chi connectivity index (χ3n) is 3.99. The molecule has 0 radical (unpaired) electrons. The van der Waals surface area contributed by atoms with Crippen molar-refractivity contribution in [1.29, 1.82) is 0 Å². The van der Waals surface area contributed by atoms with Gasteiger partial charge in [0.15, 0.2) is 0 Å². The van der Waals surface area contributed by atoms with Gasteiger partial charge in [-0.05, 0) is 36.8 Å². The van der Waals surface area contributed by atoms with Crippen molar-refractivity contribution in [3.8, 4) is 0 Å². The fraction of sp³-hybridized carbons (Fsp3) is 0.389. The number of hydrogen-bond acceptors (Lipinski definition) is 4. The molecule has 0 unspecified atom stereocenters. The van der Waals surface area contributed by atoms with E-state index in [4.69, 9.17) is 9.84 Å². The number of carboxylic acids is 2. The summed E-state index contributed by atoms with van der Waals surface area (Å²) in [6, 6.07) is 8.48. The lowest BCUT2D eigenvalue weighted by Crippen LogP contribution is -2.17. The molecule has 1 aromatic carbocycles. The number of carboxylic acid groups (broad SMARTS) is 2. The quantitative estimate of drug-likeness (QED) is 0.588. The third kappa shape index (κ3) is 4.94. The first-order valence-corrected chi connectivity index (χ1v) is 7.89. The van der Waals surface area contributed by atoms with Gasteiger partial charge in [-0.2, -0.15) is 0 Å². The zero-order chi connectivity index (χ0) is 17.5. The Morgan fingerprint density at radius 1 is 1.00 bits per heavy atom. The Morgan fingerprint density at radius 3 is 2.17 bits per heavy atom. The first kappa shape index (κ1) is 17.7. The van der Waals surface area contributed by atoms with Crippen LogP contribution in [-0.4, -0.2) is 34.2 Å². The Morgan fingerprint density at radius 2 is 1.62 bits per heavy atom. The highest BCUT2D eigenvalue weighted by atomic mass is 16.5. The summed E-state index contributed by atoms with van der Waals surface area (Å²) in [5.74, 6) is -3.13. The molecule has 0 spiro atoms. The van der Waals surface area contributed by atoms with Gasteiger partial charge in [0.05, 0.1) is 18.4 Å². The molecular formula is C18H20O6. The van der Waals surface area contributed by atoms with Gasteiger partial charge < -0.3 is 14.9 Å². The molecule has 0 atom stereocenters. The summed E-state index contributed by atoms with van der Waals surface area (Å²) >= 11 is 0. The second-order valence-corrected chi connectivity index (χ2v) is 5.77. The Balaban J connectivity index is 2.29. The minimum atomic E-state index is -1.34. The van der Waals surface area contributed by atoms with Gasteiger partial charge >= 0.3 is 17.9 Å². The molecule has 1 fully saturated rings. The fourth-order valence-electron chi connectivity index (χ4n) is 2.86. The van der Waals surface area contributed by atoms with Crippen LogP contribution in [0, 0.1) is 0 Å². The van der Waals surface area contributed by atoms with Crippen molar-refractivity contribution in [2.75, 3.05) is 0 Å². The van der Waals surface area contributed by atoms with Crippen molar-refractivity contribution in [1.82, 2.24) is 0 Å². The van der Waals surface area contributed by atoms with Gasteiger partial charge in [-0.3, -0.25) is 9.59 Å². The van der Waals surface area contributed by atoms with Crippen molar-refractivity contribution in [2.24, 2.45) is 0 Å². The van der Waals surface area contributed by atoms with Crippen molar-refractivity contribution < 1.29 is 29.3 Å². The van der Waals surface area contributed by atoms with E-state index in [0.717, 1.165) is 25.7 Å². The zero-order valence-electron chi connectivity index (χ0n) is 13.2. The fourth-order valence-corrected chi connectivity index (χ4v) is 2.86. The molecule has 0 saturated heterocycles. The van der Waals surface area contributed by atoms with Crippen molar-refractivity contribution >= 4 is 23.5 Å². The topological polar surface area (TPSA) is 101 Å². The van der Waals surface area contributed by atoms with Crippen molar-refractivity contribution in [3.63, 3.8) is 0 Å². The van der Waals surface area contributed by atoms with Gasteiger partial charge in [-0.15, -0.1) is 0 Å². The van der Waals surface area contributed by atoms with E-state index in [2.05, 4.69) is 0 Å². The zero-order valence-corrected chi connectivity index (χ0v) is 13.2. The molecular weight excluding hydrogens is 312 g/mol. The standard InChI is InChI=1S/C18H20O6/c19-16(20)10-15(18(22)23)14(12-6-2-1-3-7-12)11-17(21)24-13-8-4-5-9-13/h1-3,6-7,13H,4-5,8-11H2,(H,19,20)(H,22,23). The third-order valence-corrected chi connectivity index (χ3v) is 3.99. The molecule has 128 valence electrons. The van der Waals surface area contributed by atoms with Gasteiger partial charge in [0, 0.05) is 0 Å². The second-order valence-electron chi connectivity index (χ2n) is 5.77. The first-order valence-electron chi connectivity index (χ1n) is 7.89. The van der Waals surface area contributed by atoms with Crippen LogP contribution < -0.4 is 0 Å². The Hall–Kier alpha value is -2.63. The van der Waals surface area contributed by atoms with Gasteiger partial charge in [0.2, 0.25) is 0 Å². The predicted octanol–water partition coefficient (Wildman–Crippen LogP) is 2.88. The number of carbonyl (C=O) groups excluding carboxylic acids is 1. The maximum atomic E-state index is 12.2. The summed E-state index contributed by atoms with van der Waals surface area (Å²) in [6.07, 6.45) is 2.62. The molecule has 1 aliphatic carbocycles. The molecule has 0 amide bonds. The number of benzene rings is 1. The maximum Gasteiger partial charge on any atom is 0.332 e. The summed E-state index contributed by atoms with van der Waals surface area (Å²) < 4.78 is 5.38. The van der Waals surface area contributed by atoms with E-state index < -0.39 is 24.3 Å². The average Bonchev–Trinajstić information content (AvgIpc) is 3.04. The van der Waals surface area contributed by atoms with Crippen LogP contribution in [0.5, 0.6) is 0 Å². The molecule has 0 aromatic heterocycles. The molecule has 1 saturated carbocycles. The molecule has 24 heavy (non-hydrogen) atoms. The normalized spacial score (nSPS) is 15.7. The van der Waals surface area contributed by atoms with Crippen LogP contribution in [-0.2, 0) is 19.1 Å². The van der Waals surface area contributed by atoms with Crippen LogP contribution in [0.3, 0.4) is 0 Å². The van der Waals surface area contributed by atoms with Gasteiger partial charge in [-0.25, -0.2) is 4.79 Å². The highest BCUT2D eigenvalue weighted by Crippen LogP contribution is 2.27. The summed E-state index contributed by atoms with van der Waals surface area (Å²) in [4.78, 5) is 34.7. The summed E-state index contributed by atoms with van der Waals surface area (Å²) in [5, 5.41) is 18.4. The number of esters is 1.